The number of sulfone groups is 1. The highest BCUT2D eigenvalue weighted by Gasteiger charge is 2.28. The fourth-order valence-corrected chi connectivity index (χ4v) is 4.24. The van der Waals surface area contributed by atoms with Crippen LogP contribution in [0.3, 0.4) is 0 Å². The summed E-state index contributed by atoms with van der Waals surface area (Å²) in [7, 11) is -3.94. The molecule has 0 atom stereocenters. The minimum atomic E-state index is -3.94. The molecule has 3 aromatic carbocycles. The summed E-state index contributed by atoms with van der Waals surface area (Å²) in [5, 5.41) is 3.37. The number of oxazole rings is 1. The Morgan fingerprint density at radius 1 is 0.933 bits per heavy atom. The van der Waals surface area contributed by atoms with Crippen molar-refractivity contribution in [2.75, 3.05) is 5.32 Å². The second-order valence-corrected chi connectivity index (χ2v) is 8.76. The van der Waals surface area contributed by atoms with Crippen LogP contribution in [0.4, 0.5) is 10.3 Å². The van der Waals surface area contributed by atoms with E-state index in [2.05, 4.69) is 10.3 Å². The Morgan fingerprint density at radius 3 is 2.27 bits per heavy atom. The molecule has 0 radical (unpaired) electrons. The van der Waals surface area contributed by atoms with Crippen molar-refractivity contribution in [3.05, 3.63) is 95.3 Å². The first-order chi connectivity index (χ1) is 14.4. The monoisotopic (exact) mass is 442 g/mol. The summed E-state index contributed by atoms with van der Waals surface area (Å²) in [5.41, 5.74) is 1.34. The van der Waals surface area contributed by atoms with Gasteiger partial charge in [-0.2, -0.15) is 4.98 Å². The topological polar surface area (TPSA) is 72.2 Å². The van der Waals surface area contributed by atoms with Crippen LogP contribution in [0.15, 0.2) is 93.2 Å². The molecule has 0 fully saturated rings. The SMILES string of the molecule is O=S(=O)(c1ccccc1)c1nc(-c2ccc(F)cc2)oc1NCc1ccc(Cl)cc1. The van der Waals surface area contributed by atoms with Crippen LogP contribution < -0.4 is 5.32 Å². The van der Waals surface area contributed by atoms with E-state index in [1.807, 2.05) is 12.1 Å². The van der Waals surface area contributed by atoms with Crippen LogP contribution in [0.5, 0.6) is 0 Å². The van der Waals surface area contributed by atoms with Crippen molar-refractivity contribution in [2.24, 2.45) is 0 Å². The fourth-order valence-electron chi connectivity index (χ4n) is 2.81. The summed E-state index contributed by atoms with van der Waals surface area (Å²) in [4.78, 5) is 4.32. The van der Waals surface area contributed by atoms with E-state index in [4.69, 9.17) is 16.0 Å². The Labute approximate surface area is 178 Å². The van der Waals surface area contributed by atoms with Crippen molar-refractivity contribution in [3.63, 3.8) is 0 Å². The van der Waals surface area contributed by atoms with Gasteiger partial charge in [-0.3, -0.25) is 0 Å². The average molecular weight is 443 g/mol. The van der Waals surface area contributed by atoms with E-state index in [9.17, 15) is 12.8 Å². The van der Waals surface area contributed by atoms with Crippen molar-refractivity contribution >= 4 is 27.3 Å². The van der Waals surface area contributed by atoms with Gasteiger partial charge in [-0.25, -0.2) is 12.8 Å². The molecule has 5 nitrogen and oxygen atoms in total. The first-order valence-electron chi connectivity index (χ1n) is 8.99. The molecule has 0 spiro atoms. The van der Waals surface area contributed by atoms with Gasteiger partial charge in [0.15, 0.2) is 0 Å². The van der Waals surface area contributed by atoms with Gasteiger partial charge in [-0.1, -0.05) is 41.9 Å². The van der Waals surface area contributed by atoms with E-state index >= 15 is 0 Å². The van der Waals surface area contributed by atoms with E-state index in [1.165, 1.54) is 36.4 Å². The smallest absolute Gasteiger partial charge is 0.234 e. The lowest BCUT2D eigenvalue weighted by Gasteiger charge is -2.06. The molecule has 0 saturated carbocycles. The van der Waals surface area contributed by atoms with E-state index in [1.54, 1.807) is 30.3 Å². The second kappa shape index (κ2) is 8.30. The molecule has 0 amide bonds. The molecule has 0 aliphatic rings. The van der Waals surface area contributed by atoms with Gasteiger partial charge >= 0.3 is 0 Å². The molecule has 1 aromatic heterocycles. The van der Waals surface area contributed by atoms with Crippen molar-refractivity contribution in [3.8, 4) is 11.5 Å². The van der Waals surface area contributed by atoms with Crippen LogP contribution in [-0.4, -0.2) is 13.4 Å². The number of nitrogens with zero attached hydrogens (tertiary/aromatic N) is 1. The number of hydrogen-bond acceptors (Lipinski definition) is 5. The molecular weight excluding hydrogens is 427 g/mol. The van der Waals surface area contributed by atoms with Gasteiger partial charge in [0.1, 0.15) is 5.82 Å². The maximum absolute atomic E-state index is 13.3. The molecule has 8 heteroatoms. The zero-order valence-electron chi connectivity index (χ0n) is 15.5. The Kier molecular flexibility index (Phi) is 5.57. The maximum Gasteiger partial charge on any atom is 0.234 e. The number of benzene rings is 3. The van der Waals surface area contributed by atoms with Gasteiger partial charge in [0.2, 0.25) is 26.6 Å². The van der Waals surface area contributed by atoms with E-state index in [0.717, 1.165) is 5.56 Å². The average Bonchev–Trinajstić information content (AvgIpc) is 3.20. The van der Waals surface area contributed by atoms with E-state index in [-0.39, 0.29) is 21.7 Å². The van der Waals surface area contributed by atoms with E-state index in [0.29, 0.717) is 17.1 Å². The van der Waals surface area contributed by atoms with Crippen LogP contribution >= 0.6 is 11.6 Å². The predicted molar refractivity (Wildman–Crippen MR) is 113 cm³/mol. The lowest BCUT2D eigenvalue weighted by Crippen LogP contribution is -2.07. The first-order valence-corrected chi connectivity index (χ1v) is 10.8. The minimum Gasteiger partial charge on any atom is -0.419 e. The lowest BCUT2D eigenvalue weighted by molar-refractivity contribution is 0.576. The molecular formula is C22H16ClFN2O3S. The minimum absolute atomic E-state index is 0.00753. The third-order valence-corrected chi connectivity index (χ3v) is 6.29. The quantitative estimate of drug-likeness (QED) is 0.422. The van der Waals surface area contributed by atoms with Crippen LogP contribution in [0.25, 0.3) is 11.5 Å². The Morgan fingerprint density at radius 2 is 1.60 bits per heavy atom. The third-order valence-electron chi connectivity index (χ3n) is 4.36. The van der Waals surface area contributed by atoms with Crippen molar-refractivity contribution < 1.29 is 17.2 Å². The van der Waals surface area contributed by atoms with E-state index < -0.39 is 15.7 Å². The summed E-state index contributed by atoms with van der Waals surface area (Å²) in [6.07, 6.45) is 0. The van der Waals surface area contributed by atoms with Crippen LogP contribution in [0.1, 0.15) is 5.56 Å². The summed E-state index contributed by atoms with van der Waals surface area (Å²) < 4.78 is 45.3. The maximum atomic E-state index is 13.3. The number of hydrogen-bond donors (Lipinski definition) is 1. The Balaban J connectivity index is 1.74. The van der Waals surface area contributed by atoms with Gasteiger partial charge in [-0.05, 0) is 54.1 Å². The molecule has 1 N–H and O–H groups in total. The Hall–Kier alpha value is -3.16. The lowest BCUT2D eigenvalue weighted by atomic mass is 10.2. The highest BCUT2D eigenvalue weighted by atomic mass is 35.5. The van der Waals surface area contributed by atoms with Gasteiger partial charge in [-0.15, -0.1) is 0 Å². The zero-order valence-corrected chi connectivity index (χ0v) is 17.1. The van der Waals surface area contributed by atoms with Gasteiger partial charge in [0, 0.05) is 17.1 Å². The number of nitrogens with one attached hydrogen (secondary N) is 1. The number of aromatic nitrogens is 1. The van der Waals surface area contributed by atoms with Gasteiger partial charge in [0.25, 0.3) is 0 Å². The number of halogens is 2. The zero-order chi connectivity index (χ0) is 21.1. The molecule has 0 bridgehead atoms. The Bertz CT molecular complexity index is 1260. The normalized spacial score (nSPS) is 11.4. The summed E-state index contributed by atoms with van der Waals surface area (Å²) in [6, 6.07) is 20.6. The van der Waals surface area contributed by atoms with Gasteiger partial charge < -0.3 is 9.73 Å². The second-order valence-electron chi connectivity index (χ2n) is 6.46. The predicted octanol–water partition coefficient (Wildman–Crippen LogP) is 5.58. The molecule has 4 aromatic rings. The van der Waals surface area contributed by atoms with Crippen LogP contribution in [0.2, 0.25) is 5.02 Å². The summed E-state index contributed by atoms with van der Waals surface area (Å²) in [6.45, 7) is 0.298. The molecule has 0 unspecified atom stereocenters. The number of rotatable bonds is 6. The molecule has 0 aliphatic heterocycles. The molecule has 0 saturated heterocycles. The molecule has 0 aliphatic carbocycles. The highest BCUT2D eigenvalue weighted by molar-refractivity contribution is 7.91. The van der Waals surface area contributed by atoms with Crippen molar-refractivity contribution in [1.82, 2.24) is 4.98 Å². The summed E-state index contributed by atoms with van der Waals surface area (Å²) in [5.74, 6) is -0.334. The molecule has 152 valence electrons. The molecule has 1 heterocycles. The number of anilines is 1. The highest BCUT2D eigenvalue weighted by Crippen LogP contribution is 2.32. The van der Waals surface area contributed by atoms with Crippen molar-refractivity contribution in [2.45, 2.75) is 16.5 Å². The van der Waals surface area contributed by atoms with Crippen LogP contribution in [-0.2, 0) is 16.4 Å². The summed E-state index contributed by atoms with van der Waals surface area (Å²) >= 11 is 5.91. The van der Waals surface area contributed by atoms with Crippen molar-refractivity contribution in [1.29, 1.82) is 0 Å². The first kappa shape index (κ1) is 20.1. The molecule has 4 rings (SSSR count). The molecule has 30 heavy (non-hydrogen) atoms. The standard InChI is InChI=1S/C22H16ClFN2O3S/c23-17-10-6-15(7-11-17)14-25-21-22(30(27,28)19-4-2-1-3-5-19)26-20(29-21)16-8-12-18(24)13-9-16/h1-13,25H,14H2. The fraction of sp³-hybridized carbons (Fsp3) is 0.0455. The largest absolute Gasteiger partial charge is 0.419 e. The van der Waals surface area contributed by atoms with Gasteiger partial charge in [0.05, 0.1) is 4.90 Å². The van der Waals surface area contributed by atoms with Crippen LogP contribution in [0, 0.1) is 5.82 Å². The third kappa shape index (κ3) is 4.22.